The van der Waals surface area contributed by atoms with Crippen molar-refractivity contribution in [2.75, 3.05) is 26.8 Å². The number of nitrogens with zero attached hydrogens (tertiary/aromatic N) is 1. The smallest absolute Gasteiger partial charge is 0.325 e. The second-order valence-corrected chi connectivity index (χ2v) is 3.91. The molecule has 0 radical (unpaired) electrons. The first kappa shape index (κ1) is 14.2. The van der Waals surface area contributed by atoms with Gasteiger partial charge in [-0.1, -0.05) is 0 Å². The number of carbonyl (C=O) groups excluding carboxylic acids is 2. The Bertz CT molecular complexity index is 346. The van der Waals surface area contributed by atoms with Gasteiger partial charge in [0, 0.05) is 13.6 Å². The monoisotopic (exact) mass is 259 g/mol. The minimum Gasteiger partial charge on any atom is -0.480 e. The Morgan fingerprint density at radius 2 is 2.11 bits per heavy atom. The van der Waals surface area contributed by atoms with Crippen LogP contribution in [0.3, 0.4) is 0 Å². The van der Waals surface area contributed by atoms with E-state index in [9.17, 15) is 14.4 Å². The fourth-order valence-electron chi connectivity index (χ4n) is 1.56. The summed E-state index contributed by atoms with van der Waals surface area (Å²) in [5.41, 5.74) is 0. The van der Waals surface area contributed by atoms with Gasteiger partial charge >= 0.3 is 12.0 Å². The van der Waals surface area contributed by atoms with Crippen molar-refractivity contribution in [1.29, 1.82) is 0 Å². The molecule has 1 aliphatic rings. The number of carboxylic acid groups (broad SMARTS) is 1. The van der Waals surface area contributed by atoms with E-state index in [0.717, 1.165) is 0 Å². The minimum atomic E-state index is -1.13. The van der Waals surface area contributed by atoms with Gasteiger partial charge in [0.15, 0.2) is 0 Å². The van der Waals surface area contributed by atoms with E-state index in [2.05, 4.69) is 10.6 Å². The number of likely N-dealkylation sites (N-methyl/N-ethyl adjacent to an activating group) is 1. The highest BCUT2D eigenvalue weighted by molar-refractivity contribution is 5.88. The summed E-state index contributed by atoms with van der Waals surface area (Å²) in [5.74, 6) is -1.47. The Morgan fingerprint density at radius 1 is 1.44 bits per heavy atom. The van der Waals surface area contributed by atoms with E-state index in [4.69, 9.17) is 9.84 Å². The molecule has 0 aromatic carbocycles. The molecule has 0 spiro atoms. The first-order valence-electron chi connectivity index (χ1n) is 5.56. The molecular formula is C10H17N3O5. The van der Waals surface area contributed by atoms with Crippen molar-refractivity contribution in [3.05, 3.63) is 0 Å². The average molecular weight is 259 g/mol. The van der Waals surface area contributed by atoms with Crippen molar-refractivity contribution >= 4 is 17.9 Å². The average Bonchev–Trinajstić information content (AvgIpc) is 2.37. The number of hydrogen-bond acceptors (Lipinski definition) is 4. The highest BCUT2D eigenvalue weighted by atomic mass is 16.5. The predicted octanol–water partition coefficient (Wildman–Crippen LogP) is -1.38. The zero-order chi connectivity index (χ0) is 13.7. The van der Waals surface area contributed by atoms with Gasteiger partial charge in [0.25, 0.3) is 0 Å². The molecule has 3 N–H and O–H groups in total. The van der Waals surface area contributed by atoms with E-state index in [1.54, 1.807) is 0 Å². The first-order chi connectivity index (χ1) is 8.47. The van der Waals surface area contributed by atoms with E-state index >= 15 is 0 Å². The van der Waals surface area contributed by atoms with Crippen LogP contribution >= 0.6 is 0 Å². The van der Waals surface area contributed by atoms with Gasteiger partial charge < -0.3 is 25.4 Å². The van der Waals surface area contributed by atoms with Gasteiger partial charge in [-0.3, -0.25) is 9.59 Å². The van der Waals surface area contributed by atoms with Crippen molar-refractivity contribution < 1.29 is 24.2 Å². The fraction of sp³-hybridized carbons (Fsp3) is 0.700. The molecule has 1 fully saturated rings. The quantitative estimate of drug-likeness (QED) is 0.578. The molecule has 0 aliphatic carbocycles. The van der Waals surface area contributed by atoms with Crippen molar-refractivity contribution in [2.45, 2.75) is 19.0 Å². The number of urea groups is 1. The zero-order valence-electron chi connectivity index (χ0n) is 10.3. The highest BCUT2D eigenvalue weighted by Gasteiger charge is 2.33. The summed E-state index contributed by atoms with van der Waals surface area (Å²) in [4.78, 5) is 35.4. The molecule has 102 valence electrons. The van der Waals surface area contributed by atoms with E-state index in [0.29, 0.717) is 6.61 Å². The summed E-state index contributed by atoms with van der Waals surface area (Å²) in [7, 11) is 1.47. The molecule has 8 heteroatoms. The number of ether oxygens (including phenoxy) is 1. The van der Waals surface area contributed by atoms with Crippen LogP contribution in [0.2, 0.25) is 0 Å². The van der Waals surface area contributed by atoms with Gasteiger partial charge in [0.05, 0.1) is 13.2 Å². The maximum absolute atomic E-state index is 11.9. The normalized spacial score (nSPS) is 21.0. The summed E-state index contributed by atoms with van der Waals surface area (Å²) in [5, 5.41) is 13.5. The van der Waals surface area contributed by atoms with Crippen LogP contribution in [0.1, 0.15) is 6.92 Å². The lowest BCUT2D eigenvalue weighted by Gasteiger charge is -2.34. The fourth-order valence-corrected chi connectivity index (χ4v) is 1.56. The Hall–Kier alpha value is -1.83. The summed E-state index contributed by atoms with van der Waals surface area (Å²) in [6, 6.07) is -2.32. The predicted molar refractivity (Wildman–Crippen MR) is 61.0 cm³/mol. The Labute approximate surface area is 104 Å². The van der Waals surface area contributed by atoms with Crippen LogP contribution in [-0.4, -0.2) is 66.8 Å². The maximum Gasteiger partial charge on any atom is 0.325 e. The van der Waals surface area contributed by atoms with Crippen LogP contribution in [0.25, 0.3) is 0 Å². The second kappa shape index (κ2) is 6.20. The molecule has 8 nitrogen and oxygen atoms in total. The number of morpholine rings is 1. The highest BCUT2D eigenvalue weighted by Crippen LogP contribution is 2.07. The molecule has 1 saturated heterocycles. The summed E-state index contributed by atoms with van der Waals surface area (Å²) >= 11 is 0. The van der Waals surface area contributed by atoms with Crippen LogP contribution in [0.15, 0.2) is 0 Å². The number of carboxylic acids is 1. The van der Waals surface area contributed by atoms with Gasteiger partial charge in [0.2, 0.25) is 5.91 Å². The van der Waals surface area contributed by atoms with Crippen LogP contribution in [0.4, 0.5) is 4.79 Å². The molecule has 1 rings (SSSR count). The topological polar surface area (TPSA) is 108 Å². The van der Waals surface area contributed by atoms with Crippen LogP contribution in [0.5, 0.6) is 0 Å². The zero-order valence-corrected chi connectivity index (χ0v) is 10.3. The molecule has 3 amide bonds. The van der Waals surface area contributed by atoms with Crippen molar-refractivity contribution in [3.63, 3.8) is 0 Å². The number of carbonyl (C=O) groups is 3. The molecule has 0 aromatic heterocycles. The second-order valence-electron chi connectivity index (χ2n) is 3.91. The third kappa shape index (κ3) is 3.33. The molecule has 1 aliphatic heterocycles. The molecule has 18 heavy (non-hydrogen) atoms. The van der Waals surface area contributed by atoms with Gasteiger partial charge in [-0.25, -0.2) is 4.79 Å². The number of aliphatic carboxylic acids is 1. The van der Waals surface area contributed by atoms with E-state index < -0.39 is 24.1 Å². The molecular weight excluding hydrogens is 242 g/mol. The lowest BCUT2D eigenvalue weighted by atomic mass is 10.2. The molecule has 0 saturated carbocycles. The van der Waals surface area contributed by atoms with Gasteiger partial charge in [0.1, 0.15) is 12.1 Å². The van der Waals surface area contributed by atoms with Crippen LogP contribution in [0, 0.1) is 0 Å². The van der Waals surface area contributed by atoms with E-state index in [1.165, 1.54) is 18.9 Å². The summed E-state index contributed by atoms with van der Waals surface area (Å²) in [6.45, 7) is 2.03. The molecule has 0 aromatic rings. The molecule has 2 unspecified atom stereocenters. The van der Waals surface area contributed by atoms with E-state index in [-0.39, 0.29) is 19.1 Å². The van der Waals surface area contributed by atoms with Crippen molar-refractivity contribution in [2.24, 2.45) is 0 Å². The molecule has 2 atom stereocenters. The van der Waals surface area contributed by atoms with Crippen molar-refractivity contribution in [3.8, 4) is 0 Å². The Morgan fingerprint density at radius 3 is 2.67 bits per heavy atom. The summed E-state index contributed by atoms with van der Waals surface area (Å²) < 4.78 is 5.14. The largest absolute Gasteiger partial charge is 0.480 e. The van der Waals surface area contributed by atoms with Gasteiger partial charge in [-0.05, 0) is 6.92 Å². The Kier molecular flexibility index (Phi) is 4.90. The third-order valence-corrected chi connectivity index (χ3v) is 2.65. The molecule has 0 bridgehead atoms. The summed E-state index contributed by atoms with van der Waals surface area (Å²) in [6.07, 6.45) is 0. The van der Waals surface area contributed by atoms with Crippen molar-refractivity contribution in [1.82, 2.24) is 15.5 Å². The number of nitrogens with one attached hydrogen (secondary N) is 2. The van der Waals surface area contributed by atoms with Crippen LogP contribution < -0.4 is 10.6 Å². The van der Waals surface area contributed by atoms with Crippen LogP contribution in [-0.2, 0) is 14.3 Å². The number of hydrogen-bond donors (Lipinski definition) is 3. The SMILES string of the molecule is CNC(=O)C1COCCN1C(=O)NC(C)C(=O)O. The van der Waals surface area contributed by atoms with Gasteiger partial charge in [-0.15, -0.1) is 0 Å². The maximum atomic E-state index is 11.9. The minimum absolute atomic E-state index is 0.106. The standard InChI is InChI=1S/C10H17N3O5/c1-6(9(15)16)12-10(17)13-3-4-18-5-7(13)8(14)11-2/h6-7H,3-5H2,1-2H3,(H,11,14)(H,12,17)(H,15,16). The Balaban J connectivity index is 2.68. The number of amides is 3. The van der Waals surface area contributed by atoms with Gasteiger partial charge in [-0.2, -0.15) is 0 Å². The lowest BCUT2D eigenvalue weighted by molar-refractivity contribution is -0.138. The molecule has 1 heterocycles. The lowest BCUT2D eigenvalue weighted by Crippen LogP contribution is -2.59. The first-order valence-corrected chi connectivity index (χ1v) is 5.56. The number of rotatable bonds is 3. The van der Waals surface area contributed by atoms with E-state index in [1.807, 2.05) is 0 Å². The third-order valence-electron chi connectivity index (χ3n) is 2.65.